The molecule has 0 bridgehead atoms. The smallest absolute Gasteiger partial charge is 0.142 e. The second kappa shape index (κ2) is 14.2. The number of hydrogen-bond donors (Lipinski definition) is 1. The Balaban J connectivity index is 1.24. The largest absolute Gasteiger partial charge is 0.488 e. The number of pyridine rings is 1. The maximum absolute atomic E-state index is 14.7. The SMILES string of the molecule is Cc1ccc(C[C@H](C)NCc2cc(Cl)c(O[C@H]3CCc4c(-c5ccccc5F)cccc43)cc2OCc2cncc(C#N)c2)cc1. The number of fused-ring (bicyclic) bond motifs is 1. The van der Waals surface area contributed by atoms with Crippen molar-refractivity contribution in [3.8, 4) is 28.7 Å². The maximum atomic E-state index is 14.7. The lowest BCUT2D eigenvalue weighted by Gasteiger charge is -2.21. The van der Waals surface area contributed by atoms with E-state index in [1.807, 2.05) is 42.5 Å². The summed E-state index contributed by atoms with van der Waals surface area (Å²) in [4.78, 5) is 4.17. The summed E-state index contributed by atoms with van der Waals surface area (Å²) in [5, 5.41) is 13.4. The minimum atomic E-state index is -0.238. The predicted molar refractivity (Wildman–Crippen MR) is 179 cm³/mol. The van der Waals surface area contributed by atoms with Gasteiger partial charge in [0.1, 0.15) is 36.1 Å². The molecule has 2 atom stereocenters. The van der Waals surface area contributed by atoms with Gasteiger partial charge in [0, 0.05) is 47.7 Å². The van der Waals surface area contributed by atoms with Gasteiger partial charge >= 0.3 is 0 Å². The van der Waals surface area contributed by atoms with E-state index < -0.39 is 0 Å². The fourth-order valence-corrected chi connectivity index (χ4v) is 6.22. The molecule has 0 fully saturated rings. The van der Waals surface area contributed by atoms with Crippen LogP contribution in [-0.4, -0.2) is 11.0 Å². The molecule has 4 aromatic carbocycles. The van der Waals surface area contributed by atoms with Crippen molar-refractivity contribution < 1.29 is 13.9 Å². The molecule has 0 radical (unpaired) electrons. The van der Waals surface area contributed by atoms with Crippen LogP contribution in [0.15, 0.2) is 97.3 Å². The molecule has 0 saturated carbocycles. The molecule has 1 heterocycles. The van der Waals surface area contributed by atoms with Gasteiger partial charge in [-0.05, 0) is 73.6 Å². The molecule has 0 spiro atoms. The van der Waals surface area contributed by atoms with Crippen molar-refractivity contribution in [3.63, 3.8) is 0 Å². The van der Waals surface area contributed by atoms with Crippen LogP contribution in [-0.2, 0) is 26.0 Å². The highest BCUT2D eigenvalue weighted by Gasteiger charge is 2.28. The third-order valence-corrected chi connectivity index (χ3v) is 8.68. The molecule has 0 unspecified atom stereocenters. The Morgan fingerprint density at radius 1 is 0.978 bits per heavy atom. The summed E-state index contributed by atoms with van der Waals surface area (Å²) in [7, 11) is 0. The maximum Gasteiger partial charge on any atom is 0.142 e. The van der Waals surface area contributed by atoms with Crippen molar-refractivity contribution in [2.24, 2.45) is 0 Å². The fraction of sp³-hybridized carbons (Fsp3) is 0.231. The number of aryl methyl sites for hydroxylation is 1. The van der Waals surface area contributed by atoms with E-state index >= 15 is 0 Å². The zero-order valence-electron chi connectivity index (χ0n) is 25.9. The Kier molecular flexibility index (Phi) is 9.63. The molecule has 1 aliphatic rings. The van der Waals surface area contributed by atoms with Crippen LogP contribution in [0.5, 0.6) is 11.5 Å². The van der Waals surface area contributed by atoms with Gasteiger partial charge in [-0.3, -0.25) is 4.98 Å². The van der Waals surface area contributed by atoms with Gasteiger partial charge in [-0.15, -0.1) is 0 Å². The molecule has 1 N–H and O–H groups in total. The summed E-state index contributed by atoms with van der Waals surface area (Å²) >= 11 is 6.87. The van der Waals surface area contributed by atoms with Gasteiger partial charge in [-0.25, -0.2) is 4.39 Å². The lowest BCUT2D eigenvalue weighted by molar-refractivity contribution is 0.206. The average molecular weight is 632 g/mol. The van der Waals surface area contributed by atoms with Gasteiger partial charge in [-0.1, -0.05) is 77.8 Å². The van der Waals surface area contributed by atoms with E-state index in [0.717, 1.165) is 47.1 Å². The number of nitrogens with zero attached hydrogens (tertiary/aromatic N) is 2. The van der Waals surface area contributed by atoms with Crippen molar-refractivity contribution in [1.29, 1.82) is 5.26 Å². The van der Waals surface area contributed by atoms with Gasteiger partial charge in [0.05, 0.1) is 10.6 Å². The molecule has 5 aromatic rings. The van der Waals surface area contributed by atoms with Crippen LogP contribution in [0.3, 0.4) is 0 Å². The monoisotopic (exact) mass is 631 g/mol. The van der Waals surface area contributed by atoms with Crippen LogP contribution >= 0.6 is 11.6 Å². The second-order valence-corrected chi connectivity index (χ2v) is 12.2. The number of nitriles is 1. The Bertz CT molecular complexity index is 1890. The van der Waals surface area contributed by atoms with Crippen LogP contribution in [0.1, 0.15) is 58.4 Å². The van der Waals surface area contributed by atoms with Gasteiger partial charge < -0.3 is 14.8 Å². The molecule has 0 aliphatic heterocycles. The summed E-state index contributed by atoms with van der Waals surface area (Å²) in [5.74, 6) is 0.916. The average Bonchev–Trinajstić information content (AvgIpc) is 3.48. The summed E-state index contributed by atoms with van der Waals surface area (Å²) in [6.45, 7) is 5.02. The third-order valence-electron chi connectivity index (χ3n) is 8.39. The molecule has 0 amide bonds. The van der Waals surface area contributed by atoms with Crippen LogP contribution in [0.4, 0.5) is 4.39 Å². The van der Waals surface area contributed by atoms with E-state index in [2.05, 4.69) is 54.5 Å². The molecule has 1 aromatic heterocycles. The first kappa shape index (κ1) is 31.3. The van der Waals surface area contributed by atoms with E-state index in [1.54, 1.807) is 18.3 Å². The highest BCUT2D eigenvalue weighted by molar-refractivity contribution is 6.32. The van der Waals surface area contributed by atoms with Crippen LogP contribution in [0.2, 0.25) is 5.02 Å². The molecule has 5 nitrogen and oxygen atoms in total. The highest BCUT2D eigenvalue weighted by atomic mass is 35.5. The summed E-state index contributed by atoms with van der Waals surface area (Å²) < 4.78 is 27.6. The molecule has 7 heteroatoms. The van der Waals surface area contributed by atoms with Crippen LogP contribution in [0.25, 0.3) is 11.1 Å². The van der Waals surface area contributed by atoms with Crippen molar-refractivity contribution >= 4 is 11.6 Å². The lowest BCUT2D eigenvalue weighted by Crippen LogP contribution is -2.27. The quantitative estimate of drug-likeness (QED) is 0.157. The Hall–Kier alpha value is -4.70. The molecule has 1 aliphatic carbocycles. The standard InChI is InChI=1S/C39H35ClFN3O2/c1-25-10-12-27(13-11-25)16-26(2)44-23-30-18-35(40)39(19-38(30)45-24-29-17-28(20-42)21-43-22-29)46-37-15-14-32-31(7-5-8-34(32)37)33-6-3-4-9-36(33)41/h3-13,17-19,21-22,26,37,44H,14-16,23-24H2,1-2H3/t26-,37-/m0/s1. The zero-order valence-corrected chi connectivity index (χ0v) is 26.7. The number of halogens is 2. The van der Waals surface area contributed by atoms with E-state index in [-0.39, 0.29) is 24.6 Å². The van der Waals surface area contributed by atoms with Crippen molar-refractivity contribution in [1.82, 2.24) is 10.3 Å². The fourth-order valence-electron chi connectivity index (χ4n) is 5.99. The first-order chi connectivity index (χ1) is 22.4. The molecule has 0 saturated heterocycles. The van der Waals surface area contributed by atoms with Crippen molar-refractivity contribution in [2.75, 3.05) is 0 Å². The van der Waals surface area contributed by atoms with Crippen molar-refractivity contribution in [3.05, 3.63) is 147 Å². The number of aromatic nitrogens is 1. The lowest BCUT2D eigenvalue weighted by atomic mass is 9.96. The first-order valence-corrected chi connectivity index (χ1v) is 15.9. The summed E-state index contributed by atoms with van der Waals surface area (Å²) in [6.07, 6.45) is 5.39. The molecular formula is C39H35ClFN3O2. The summed E-state index contributed by atoms with van der Waals surface area (Å²) in [6, 6.07) is 29.3. The second-order valence-electron chi connectivity index (χ2n) is 11.8. The number of nitrogens with one attached hydrogen (secondary N) is 1. The Labute approximate surface area is 274 Å². The minimum Gasteiger partial charge on any atom is -0.488 e. The predicted octanol–water partition coefficient (Wildman–Crippen LogP) is 9.09. The van der Waals surface area contributed by atoms with Crippen molar-refractivity contribution in [2.45, 2.75) is 58.4 Å². The minimum absolute atomic E-state index is 0.209. The third kappa shape index (κ3) is 7.23. The summed E-state index contributed by atoms with van der Waals surface area (Å²) in [5.41, 5.74) is 8.28. The number of rotatable bonds is 11. The first-order valence-electron chi connectivity index (χ1n) is 15.5. The molecule has 6 rings (SSSR count). The highest BCUT2D eigenvalue weighted by Crippen LogP contribution is 2.43. The van der Waals surface area contributed by atoms with E-state index in [0.29, 0.717) is 34.2 Å². The zero-order chi connectivity index (χ0) is 32.0. The molecular weight excluding hydrogens is 597 g/mol. The topological polar surface area (TPSA) is 67.2 Å². The van der Waals surface area contributed by atoms with E-state index in [4.69, 9.17) is 21.1 Å². The van der Waals surface area contributed by atoms with Crippen LogP contribution < -0.4 is 14.8 Å². The Morgan fingerprint density at radius 2 is 1.78 bits per heavy atom. The van der Waals surface area contributed by atoms with Gasteiger partial charge in [-0.2, -0.15) is 5.26 Å². The van der Waals surface area contributed by atoms with Gasteiger partial charge in [0.2, 0.25) is 0 Å². The van der Waals surface area contributed by atoms with Gasteiger partial charge in [0.25, 0.3) is 0 Å². The number of hydrogen-bond acceptors (Lipinski definition) is 5. The molecule has 232 valence electrons. The normalized spacial score (nSPS) is 14.4. The number of ether oxygens (including phenoxy) is 2. The number of benzene rings is 4. The molecule has 46 heavy (non-hydrogen) atoms. The Morgan fingerprint density at radius 3 is 2.59 bits per heavy atom. The van der Waals surface area contributed by atoms with E-state index in [1.165, 1.54) is 23.4 Å². The van der Waals surface area contributed by atoms with Gasteiger partial charge in [0.15, 0.2) is 0 Å². The van der Waals surface area contributed by atoms with E-state index in [9.17, 15) is 9.65 Å². The van der Waals surface area contributed by atoms with Crippen LogP contribution in [0, 0.1) is 24.1 Å².